The number of nitrogens with one attached hydrogen (secondary N) is 1. The lowest BCUT2D eigenvalue weighted by molar-refractivity contribution is 0.102. The van der Waals surface area contributed by atoms with Crippen molar-refractivity contribution < 1.29 is 14.3 Å². The third-order valence-electron chi connectivity index (χ3n) is 2.59. The Morgan fingerprint density at radius 1 is 1.52 bits per heavy atom. The number of aliphatic hydroxyl groups excluding tert-OH is 1. The van der Waals surface area contributed by atoms with Crippen LogP contribution in [0.4, 0.5) is 9.52 Å². The lowest BCUT2D eigenvalue weighted by Gasteiger charge is -2.03. The normalized spacial score (nSPS) is 9.86. The van der Waals surface area contributed by atoms with Gasteiger partial charge in [0.15, 0.2) is 5.13 Å². The minimum Gasteiger partial charge on any atom is -0.395 e. The van der Waals surface area contributed by atoms with Crippen LogP contribution in [0.15, 0.2) is 24.4 Å². The van der Waals surface area contributed by atoms with Gasteiger partial charge < -0.3 is 5.11 Å². The molecule has 2 rings (SSSR count). The van der Waals surface area contributed by atoms with Gasteiger partial charge >= 0.3 is 0 Å². The molecular weight excluding hydrogens is 291 g/mol. The Kier molecular flexibility index (Phi) is 5.04. The van der Waals surface area contributed by atoms with Crippen LogP contribution >= 0.6 is 11.3 Å². The van der Waals surface area contributed by atoms with Gasteiger partial charge in [-0.05, 0) is 30.7 Å². The monoisotopic (exact) mass is 304 g/mol. The molecule has 0 aliphatic carbocycles. The van der Waals surface area contributed by atoms with Gasteiger partial charge in [0, 0.05) is 12.0 Å². The molecule has 0 aliphatic rings. The Labute approximate surface area is 125 Å². The standard InChI is InChI=1S/C15H13FN2O2S/c1-10-8-11(5-6-13(10)16)14(20)18-15-17-9-12(21-15)4-2-3-7-19/h5-6,8-9,19H,3,7H2,1H3,(H,17,18,20). The van der Waals surface area contributed by atoms with Crippen molar-refractivity contribution >= 4 is 22.4 Å². The van der Waals surface area contributed by atoms with E-state index in [9.17, 15) is 9.18 Å². The number of rotatable bonds is 3. The van der Waals surface area contributed by atoms with Crippen LogP contribution in [0.2, 0.25) is 0 Å². The summed E-state index contributed by atoms with van der Waals surface area (Å²) in [4.78, 5) is 16.8. The van der Waals surface area contributed by atoms with E-state index < -0.39 is 0 Å². The molecule has 0 bridgehead atoms. The van der Waals surface area contributed by atoms with Crippen molar-refractivity contribution in [2.24, 2.45) is 0 Å². The largest absolute Gasteiger partial charge is 0.395 e. The second-order valence-electron chi connectivity index (χ2n) is 4.22. The molecule has 1 aromatic heterocycles. The van der Waals surface area contributed by atoms with Crippen LogP contribution in [0.1, 0.15) is 27.2 Å². The first-order valence-corrected chi connectivity index (χ1v) is 7.05. The Morgan fingerprint density at radius 2 is 2.33 bits per heavy atom. The number of amides is 1. The molecule has 21 heavy (non-hydrogen) atoms. The number of nitrogens with zero attached hydrogens (tertiary/aromatic N) is 1. The first kappa shape index (κ1) is 15.2. The lowest BCUT2D eigenvalue weighted by Crippen LogP contribution is -2.11. The highest BCUT2D eigenvalue weighted by Crippen LogP contribution is 2.18. The maximum Gasteiger partial charge on any atom is 0.257 e. The molecule has 1 aromatic carbocycles. The molecular formula is C15H13FN2O2S. The van der Waals surface area contributed by atoms with Crippen molar-refractivity contribution in [3.63, 3.8) is 0 Å². The van der Waals surface area contributed by atoms with Gasteiger partial charge in [0.25, 0.3) is 5.91 Å². The minimum atomic E-state index is -0.345. The zero-order valence-corrected chi connectivity index (χ0v) is 12.1. The molecule has 6 heteroatoms. The zero-order chi connectivity index (χ0) is 15.2. The van der Waals surface area contributed by atoms with E-state index in [1.165, 1.54) is 29.5 Å². The van der Waals surface area contributed by atoms with Gasteiger partial charge in [-0.15, -0.1) is 0 Å². The number of aryl methyl sites for hydroxylation is 1. The number of thiazole rings is 1. The van der Waals surface area contributed by atoms with Crippen molar-refractivity contribution in [2.45, 2.75) is 13.3 Å². The molecule has 0 saturated carbocycles. The van der Waals surface area contributed by atoms with Gasteiger partial charge in [0.2, 0.25) is 0 Å². The average Bonchev–Trinajstić information content (AvgIpc) is 2.89. The van der Waals surface area contributed by atoms with Crippen LogP contribution in [-0.2, 0) is 0 Å². The van der Waals surface area contributed by atoms with E-state index in [2.05, 4.69) is 22.1 Å². The number of carbonyl (C=O) groups excluding carboxylic acids is 1. The van der Waals surface area contributed by atoms with E-state index in [1.54, 1.807) is 13.1 Å². The van der Waals surface area contributed by atoms with Crippen molar-refractivity contribution in [1.82, 2.24) is 4.98 Å². The fourth-order valence-corrected chi connectivity index (χ4v) is 2.24. The molecule has 0 atom stereocenters. The molecule has 0 radical (unpaired) electrons. The van der Waals surface area contributed by atoms with E-state index in [4.69, 9.17) is 5.11 Å². The molecule has 0 unspecified atom stereocenters. The number of carbonyl (C=O) groups is 1. The SMILES string of the molecule is Cc1cc(C(=O)Nc2ncc(C#CCCO)s2)ccc1F. The first-order chi connectivity index (χ1) is 10.1. The van der Waals surface area contributed by atoms with E-state index in [-0.39, 0.29) is 18.3 Å². The first-order valence-electron chi connectivity index (χ1n) is 6.23. The number of benzene rings is 1. The molecule has 4 nitrogen and oxygen atoms in total. The van der Waals surface area contributed by atoms with Crippen molar-refractivity contribution in [3.8, 4) is 11.8 Å². The predicted molar refractivity (Wildman–Crippen MR) is 79.8 cm³/mol. The topological polar surface area (TPSA) is 62.2 Å². The van der Waals surface area contributed by atoms with Crippen LogP contribution in [0.5, 0.6) is 0 Å². The molecule has 0 fully saturated rings. The smallest absolute Gasteiger partial charge is 0.257 e. The fraction of sp³-hybridized carbons (Fsp3) is 0.200. The highest BCUT2D eigenvalue weighted by atomic mass is 32.1. The van der Waals surface area contributed by atoms with Gasteiger partial charge in [0.1, 0.15) is 5.82 Å². The summed E-state index contributed by atoms with van der Waals surface area (Å²) in [5, 5.41) is 11.7. The summed E-state index contributed by atoms with van der Waals surface area (Å²) in [5.41, 5.74) is 0.786. The molecule has 0 aliphatic heterocycles. The summed E-state index contributed by atoms with van der Waals surface area (Å²) in [6.07, 6.45) is 1.95. The van der Waals surface area contributed by atoms with Crippen LogP contribution in [0.3, 0.4) is 0 Å². The zero-order valence-electron chi connectivity index (χ0n) is 11.3. The Morgan fingerprint density at radius 3 is 3.05 bits per heavy atom. The summed E-state index contributed by atoms with van der Waals surface area (Å²) in [5.74, 6) is 4.93. The highest BCUT2D eigenvalue weighted by molar-refractivity contribution is 7.16. The maximum atomic E-state index is 13.2. The minimum absolute atomic E-state index is 0.0132. The average molecular weight is 304 g/mol. The van der Waals surface area contributed by atoms with E-state index in [0.717, 1.165) is 0 Å². The van der Waals surface area contributed by atoms with E-state index in [0.29, 0.717) is 27.6 Å². The second kappa shape index (κ2) is 6.97. The van der Waals surface area contributed by atoms with Gasteiger partial charge in [-0.25, -0.2) is 9.37 Å². The third-order valence-corrected chi connectivity index (χ3v) is 3.42. The van der Waals surface area contributed by atoms with Crippen molar-refractivity contribution in [3.05, 3.63) is 46.2 Å². The molecule has 1 amide bonds. The third kappa shape index (κ3) is 4.12. The van der Waals surface area contributed by atoms with Gasteiger partial charge in [-0.2, -0.15) is 0 Å². The second-order valence-corrected chi connectivity index (χ2v) is 5.25. The number of aromatic nitrogens is 1. The number of hydrogen-bond donors (Lipinski definition) is 2. The quantitative estimate of drug-likeness (QED) is 0.857. The summed E-state index contributed by atoms with van der Waals surface area (Å²) in [6, 6.07) is 4.17. The Hall–Kier alpha value is -2.23. The number of anilines is 1. The molecule has 0 saturated heterocycles. The van der Waals surface area contributed by atoms with E-state index >= 15 is 0 Å². The van der Waals surface area contributed by atoms with Crippen LogP contribution in [0, 0.1) is 24.6 Å². The summed E-state index contributed by atoms with van der Waals surface area (Å²) < 4.78 is 13.2. The van der Waals surface area contributed by atoms with Crippen LogP contribution in [-0.4, -0.2) is 22.6 Å². The van der Waals surface area contributed by atoms with Gasteiger partial charge in [-0.3, -0.25) is 10.1 Å². The maximum absolute atomic E-state index is 13.2. The number of hydrogen-bond acceptors (Lipinski definition) is 4. The molecule has 1 heterocycles. The summed E-state index contributed by atoms with van der Waals surface area (Å²) >= 11 is 1.24. The highest BCUT2D eigenvalue weighted by Gasteiger charge is 2.10. The van der Waals surface area contributed by atoms with Gasteiger partial charge in [0.05, 0.1) is 17.7 Å². The number of halogens is 1. The van der Waals surface area contributed by atoms with Crippen molar-refractivity contribution in [2.75, 3.05) is 11.9 Å². The summed E-state index contributed by atoms with van der Waals surface area (Å²) in [6.45, 7) is 1.61. The molecule has 2 N–H and O–H groups in total. The molecule has 2 aromatic rings. The van der Waals surface area contributed by atoms with Crippen LogP contribution < -0.4 is 5.32 Å². The summed E-state index contributed by atoms with van der Waals surface area (Å²) in [7, 11) is 0. The number of aliphatic hydroxyl groups is 1. The Bertz CT molecular complexity index is 716. The van der Waals surface area contributed by atoms with Crippen molar-refractivity contribution in [1.29, 1.82) is 0 Å². The lowest BCUT2D eigenvalue weighted by atomic mass is 10.1. The fourth-order valence-electron chi connectivity index (χ4n) is 1.55. The Balaban J connectivity index is 2.06. The predicted octanol–water partition coefficient (Wildman–Crippen LogP) is 2.58. The molecule has 108 valence electrons. The molecule has 0 spiro atoms. The van der Waals surface area contributed by atoms with E-state index in [1.807, 2.05) is 0 Å². The van der Waals surface area contributed by atoms with Gasteiger partial charge in [-0.1, -0.05) is 23.2 Å². The van der Waals surface area contributed by atoms with Crippen LogP contribution in [0.25, 0.3) is 0 Å².